The van der Waals surface area contributed by atoms with Gasteiger partial charge in [0, 0.05) is 0 Å². The van der Waals surface area contributed by atoms with Crippen molar-refractivity contribution in [3.05, 3.63) is 0 Å². The van der Waals surface area contributed by atoms with E-state index in [1.165, 1.54) is 0 Å². The summed E-state index contributed by atoms with van der Waals surface area (Å²) in [6, 6.07) is 0. The lowest BCUT2D eigenvalue weighted by atomic mass is 11.5. The Kier molecular flexibility index (Phi) is 2.79. The first-order valence-electron chi connectivity index (χ1n) is 1.04. The Morgan fingerprint density at radius 1 is 1.75 bits per heavy atom. The zero-order valence-corrected chi connectivity index (χ0v) is 2.58. The first-order chi connectivity index (χ1) is 1.91. The second-order valence-corrected chi connectivity index (χ2v) is 0.394. The lowest BCUT2D eigenvalue weighted by Crippen LogP contribution is -2.33. The summed E-state index contributed by atoms with van der Waals surface area (Å²) in [6.45, 7) is 0. The molecular weight excluding hydrogens is 54.0 g/mol. The summed E-state index contributed by atoms with van der Waals surface area (Å²) in [5.41, 5.74) is 4.64. The van der Waals surface area contributed by atoms with Gasteiger partial charge in [-0.1, -0.05) is 0 Å². The normalized spacial score (nSPS) is 7.50. The highest BCUT2D eigenvalue weighted by atomic mass is 15.5. The van der Waals surface area contributed by atoms with Crippen molar-refractivity contribution in [2.75, 3.05) is 7.05 Å². The molecule has 26 valence electrons. The van der Waals surface area contributed by atoms with E-state index in [-0.39, 0.29) is 0 Å². The topological polar surface area (TPSA) is 50.1 Å². The van der Waals surface area contributed by atoms with Crippen molar-refractivity contribution in [2.24, 2.45) is 5.84 Å². The predicted octanol–water partition coefficient (Wildman–Crippen LogP) is -1.42. The molecule has 0 unspecified atom stereocenters. The fourth-order valence-corrected chi connectivity index (χ4v) is 0. The van der Waals surface area contributed by atoms with Gasteiger partial charge in [0.1, 0.15) is 0 Å². The molecule has 0 fully saturated rings. The van der Waals surface area contributed by atoms with Gasteiger partial charge in [-0.15, -0.1) is 0 Å². The van der Waals surface area contributed by atoms with Gasteiger partial charge >= 0.3 is 0 Å². The highest BCUT2D eigenvalue weighted by Crippen LogP contribution is 0.980. The maximum absolute atomic E-state index is 4.67. The van der Waals surface area contributed by atoms with Gasteiger partial charge in [0.15, 0.2) is 0 Å². The van der Waals surface area contributed by atoms with E-state index < -0.39 is 0 Å². The van der Waals surface area contributed by atoms with Gasteiger partial charge in [0.25, 0.3) is 0 Å². The van der Waals surface area contributed by atoms with Crippen molar-refractivity contribution in [1.82, 2.24) is 11.0 Å². The largest absolute Gasteiger partial charge is 0.258 e. The lowest BCUT2D eigenvalue weighted by Gasteiger charge is -1.82. The molecule has 0 saturated heterocycles. The van der Waals surface area contributed by atoms with Crippen molar-refractivity contribution in [3.63, 3.8) is 0 Å². The average Bonchev–Trinajstić information content (AvgIpc) is 1.37. The predicted molar refractivity (Wildman–Crippen MR) is 16.4 cm³/mol. The summed E-state index contributed by atoms with van der Waals surface area (Å²) in [5, 5.41) is 0. The van der Waals surface area contributed by atoms with Crippen LogP contribution in [0.5, 0.6) is 0 Å². The standard InChI is InChI=1S/CH7N3/c1-3-4-2/h3-4H,2H2,1H3. The maximum atomic E-state index is 4.67. The highest BCUT2D eigenvalue weighted by molar-refractivity contribution is 3.92. The SMILES string of the molecule is CNNN. The van der Waals surface area contributed by atoms with Crippen LogP contribution in [0, 0.1) is 0 Å². The minimum Gasteiger partial charge on any atom is -0.258 e. The molecule has 0 saturated carbocycles. The maximum Gasteiger partial charge on any atom is -0.000167 e. The molecule has 0 aliphatic rings. The Morgan fingerprint density at radius 2 is 2.00 bits per heavy atom. The highest BCUT2D eigenvalue weighted by Gasteiger charge is 1.43. The molecule has 0 aliphatic carbocycles. The van der Waals surface area contributed by atoms with Crippen LogP contribution in [0.25, 0.3) is 0 Å². The van der Waals surface area contributed by atoms with Crippen LogP contribution in [0.15, 0.2) is 0 Å². The third-order valence-electron chi connectivity index (χ3n) is 0.144. The van der Waals surface area contributed by atoms with E-state index in [1.54, 1.807) is 7.05 Å². The average molecular weight is 61.1 g/mol. The minimum absolute atomic E-state index is 1.69. The second kappa shape index (κ2) is 2.88. The van der Waals surface area contributed by atoms with Crippen molar-refractivity contribution < 1.29 is 0 Å². The van der Waals surface area contributed by atoms with Gasteiger partial charge in [-0.25, -0.2) is 5.43 Å². The number of hydrazine groups is 2. The summed E-state index contributed by atoms with van der Waals surface area (Å²) < 4.78 is 0. The molecule has 0 atom stereocenters. The molecule has 0 radical (unpaired) electrons. The van der Waals surface area contributed by atoms with E-state index >= 15 is 0 Å². The van der Waals surface area contributed by atoms with E-state index in [4.69, 9.17) is 0 Å². The van der Waals surface area contributed by atoms with Gasteiger partial charge in [-0.3, -0.25) is 5.84 Å². The van der Waals surface area contributed by atoms with Crippen LogP contribution < -0.4 is 16.8 Å². The van der Waals surface area contributed by atoms with E-state index in [1.807, 2.05) is 0 Å². The van der Waals surface area contributed by atoms with Gasteiger partial charge in [-0.05, 0) is 7.05 Å². The van der Waals surface area contributed by atoms with Gasteiger partial charge in [0.2, 0.25) is 0 Å². The summed E-state index contributed by atoms with van der Waals surface area (Å²) in [4.78, 5) is 0. The van der Waals surface area contributed by atoms with Crippen molar-refractivity contribution in [2.45, 2.75) is 0 Å². The summed E-state index contributed by atoms with van der Waals surface area (Å²) >= 11 is 0. The van der Waals surface area contributed by atoms with E-state index in [2.05, 4.69) is 16.8 Å². The zero-order chi connectivity index (χ0) is 3.41. The molecule has 4 N–H and O–H groups in total. The molecule has 0 amide bonds. The summed E-state index contributed by atoms with van der Waals surface area (Å²) in [5.74, 6) is 4.67. The van der Waals surface area contributed by atoms with Crippen LogP contribution in [-0.2, 0) is 0 Å². The van der Waals surface area contributed by atoms with E-state index in [0.717, 1.165) is 0 Å². The monoisotopic (exact) mass is 61.1 g/mol. The zero-order valence-electron chi connectivity index (χ0n) is 2.58. The van der Waals surface area contributed by atoms with Gasteiger partial charge in [0.05, 0.1) is 0 Å². The van der Waals surface area contributed by atoms with E-state index in [9.17, 15) is 0 Å². The first kappa shape index (κ1) is 3.88. The van der Waals surface area contributed by atoms with Crippen LogP contribution >= 0.6 is 0 Å². The molecule has 3 heteroatoms. The third kappa shape index (κ3) is 1.88. The molecule has 0 aromatic rings. The summed E-state index contributed by atoms with van der Waals surface area (Å²) in [7, 11) is 1.69. The molecule has 0 bridgehead atoms. The third-order valence-corrected chi connectivity index (χ3v) is 0.144. The number of nitrogens with two attached hydrogens (primary N) is 1. The fraction of sp³-hybridized carbons (Fsp3) is 1.00. The molecule has 3 nitrogen and oxygen atoms in total. The Hall–Kier alpha value is -0.120. The second-order valence-electron chi connectivity index (χ2n) is 0.394. The Morgan fingerprint density at radius 3 is 2.00 bits per heavy atom. The molecule has 0 rings (SSSR count). The fourth-order valence-electron chi connectivity index (χ4n) is 0. The first-order valence-corrected chi connectivity index (χ1v) is 1.04. The van der Waals surface area contributed by atoms with E-state index in [0.29, 0.717) is 0 Å². The van der Waals surface area contributed by atoms with Gasteiger partial charge in [-0.2, -0.15) is 5.53 Å². The number of hydrogen-bond acceptors (Lipinski definition) is 3. The Balaban J connectivity index is 1.97. The quantitative estimate of drug-likeness (QED) is 0.258. The van der Waals surface area contributed by atoms with Crippen molar-refractivity contribution in [1.29, 1.82) is 0 Å². The number of hydrogen-bond donors (Lipinski definition) is 3. The van der Waals surface area contributed by atoms with Crippen LogP contribution in [-0.4, -0.2) is 7.05 Å². The molecule has 4 heavy (non-hydrogen) atoms. The van der Waals surface area contributed by atoms with Crippen molar-refractivity contribution >= 4 is 0 Å². The van der Waals surface area contributed by atoms with Gasteiger partial charge < -0.3 is 0 Å². The van der Waals surface area contributed by atoms with Crippen LogP contribution in [0.1, 0.15) is 0 Å². The molecule has 0 aromatic carbocycles. The van der Waals surface area contributed by atoms with Crippen LogP contribution in [0.2, 0.25) is 0 Å². The Labute approximate surface area is 25.1 Å². The summed E-state index contributed by atoms with van der Waals surface area (Å²) in [6.07, 6.45) is 0. The lowest BCUT2D eigenvalue weighted by molar-refractivity contribution is 0.630. The Bertz CT molecular complexity index is 5.25. The number of rotatable bonds is 1. The molecule has 0 aliphatic heterocycles. The van der Waals surface area contributed by atoms with Crippen LogP contribution in [0.4, 0.5) is 0 Å². The molecule has 0 spiro atoms. The minimum atomic E-state index is 1.69. The molecule has 0 heterocycles. The smallest absolute Gasteiger partial charge is 0.000167 e. The molecule has 0 aromatic heterocycles. The number of nitrogens with one attached hydrogen (secondary N) is 2. The van der Waals surface area contributed by atoms with Crippen LogP contribution in [0.3, 0.4) is 0 Å². The van der Waals surface area contributed by atoms with Crippen molar-refractivity contribution in [3.8, 4) is 0 Å². The molecular formula is CH7N3.